The van der Waals surface area contributed by atoms with Gasteiger partial charge in [0.25, 0.3) is 5.91 Å². The van der Waals surface area contributed by atoms with E-state index in [0.29, 0.717) is 23.4 Å². The fourth-order valence-electron chi connectivity index (χ4n) is 2.95. The molecule has 4 rings (SSSR count). The van der Waals surface area contributed by atoms with Crippen molar-refractivity contribution >= 4 is 17.8 Å². The van der Waals surface area contributed by atoms with Gasteiger partial charge in [-0.2, -0.15) is 0 Å². The van der Waals surface area contributed by atoms with Gasteiger partial charge in [0.15, 0.2) is 0 Å². The minimum absolute atomic E-state index is 0.0620. The maximum absolute atomic E-state index is 14.4. The molecule has 0 fully saturated rings. The first-order chi connectivity index (χ1) is 12.2. The minimum Gasteiger partial charge on any atom is -0.358 e. The third-order valence-electron chi connectivity index (χ3n) is 4.22. The van der Waals surface area contributed by atoms with Crippen molar-refractivity contribution in [3.8, 4) is 11.3 Å². The lowest BCUT2D eigenvalue weighted by atomic mass is 10.1. The van der Waals surface area contributed by atoms with Crippen molar-refractivity contribution in [1.29, 1.82) is 0 Å². The largest absolute Gasteiger partial charge is 0.358 e. The summed E-state index contributed by atoms with van der Waals surface area (Å²) in [7, 11) is 0. The third-order valence-corrected chi connectivity index (χ3v) is 4.22. The molecule has 0 atom stereocenters. The van der Waals surface area contributed by atoms with E-state index in [1.54, 1.807) is 36.5 Å². The van der Waals surface area contributed by atoms with Gasteiger partial charge in [-0.1, -0.05) is 30.3 Å². The molecule has 5 heteroatoms. The van der Waals surface area contributed by atoms with Crippen LogP contribution in [-0.2, 0) is 6.42 Å². The summed E-state index contributed by atoms with van der Waals surface area (Å²) in [5.41, 5.74) is 4.34. The zero-order chi connectivity index (χ0) is 17.2. The lowest BCUT2D eigenvalue weighted by molar-refractivity contribution is 0.0946. The number of hydrogen-bond donors (Lipinski definition) is 2. The van der Waals surface area contributed by atoms with E-state index in [2.05, 4.69) is 15.3 Å². The number of carbonyl (C=O) groups excluding carboxylic acids is 1. The number of fused-ring (bicyclic) bond motifs is 1. The van der Waals surface area contributed by atoms with Crippen LogP contribution in [0.15, 0.2) is 54.7 Å². The highest BCUT2D eigenvalue weighted by Gasteiger charge is 2.19. The number of benzene rings is 1. The first-order valence-electron chi connectivity index (χ1n) is 8.10. The second-order valence-electron chi connectivity index (χ2n) is 5.91. The summed E-state index contributed by atoms with van der Waals surface area (Å²) in [6.07, 6.45) is 3.83. The second kappa shape index (κ2) is 6.36. The Morgan fingerprint density at radius 1 is 1.16 bits per heavy atom. The van der Waals surface area contributed by atoms with E-state index in [-0.39, 0.29) is 11.7 Å². The van der Waals surface area contributed by atoms with Crippen LogP contribution in [0.2, 0.25) is 0 Å². The number of aromatic nitrogens is 2. The number of aromatic amines is 1. The van der Waals surface area contributed by atoms with E-state index in [1.165, 1.54) is 6.08 Å². The van der Waals surface area contributed by atoms with Gasteiger partial charge in [-0.25, -0.2) is 4.39 Å². The second-order valence-corrected chi connectivity index (χ2v) is 5.91. The molecule has 1 amide bonds. The van der Waals surface area contributed by atoms with Gasteiger partial charge in [0.05, 0.1) is 11.3 Å². The smallest absolute Gasteiger partial charge is 0.253 e. The van der Waals surface area contributed by atoms with E-state index >= 15 is 0 Å². The summed E-state index contributed by atoms with van der Waals surface area (Å²) in [5, 5.41) is 2.83. The lowest BCUT2D eigenvalue weighted by Gasteiger charge is -2.10. The van der Waals surface area contributed by atoms with Gasteiger partial charge >= 0.3 is 0 Å². The number of nitrogens with one attached hydrogen (secondary N) is 2. The molecule has 0 radical (unpaired) electrons. The van der Waals surface area contributed by atoms with Crippen molar-refractivity contribution < 1.29 is 9.18 Å². The standard InChI is InChI=1S/C20H16FN3O/c21-17(13-4-2-1-3-5-13)11-15-10-14(6-8-22-15)19-12-16-18(24-19)7-9-23-20(16)25/h1-6,8,10-12,24H,7,9H2,(H,23,25)/b17-11-. The summed E-state index contributed by atoms with van der Waals surface area (Å²) in [5.74, 6) is -0.400. The summed E-state index contributed by atoms with van der Waals surface area (Å²) in [6, 6.07) is 14.3. The molecule has 0 aliphatic carbocycles. The van der Waals surface area contributed by atoms with Crippen LogP contribution in [0, 0.1) is 0 Å². The van der Waals surface area contributed by atoms with Crippen LogP contribution in [0.3, 0.4) is 0 Å². The molecule has 25 heavy (non-hydrogen) atoms. The number of H-pyrrole nitrogens is 1. The fraction of sp³-hybridized carbons (Fsp3) is 0.100. The SMILES string of the molecule is O=C1NCCc2[nH]c(-c3ccnc(/C=C(\F)c4ccccc4)c3)cc21. The Labute approximate surface area is 144 Å². The average molecular weight is 333 g/mol. The molecule has 2 aromatic heterocycles. The van der Waals surface area contributed by atoms with Crippen molar-refractivity contribution in [1.82, 2.24) is 15.3 Å². The first kappa shape index (κ1) is 15.3. The predicted molar refractivity (Wildman–Crippen MR) is 95.5 cm³/mol. The molecule has 0 saturated heterocycles. The number of carbonyl (C=O) groups is 1. The van der Waals surface area contributed by atoms with Crippen molar-refractivity contribution in [3.05, 3.63) is 77.2 Å². The highest BCUT2D eigenvalue weighted by atomic mass is 19.1. The predicted octanol–water partition coefficient (Wildman–Crippen LogP) is 3.83. The van der Waals surface area contributed by atoms with E-state index in [0.717, 1.165) is 23.4 Å². The molecule has 3 heterocycles. The number of halogens is 1. The Balaban J connectivity index is 1.67. The molecule has 1 aliphatic rings. The highest BCUT2D eigenvalue weighted by Crippen LogP contribution is 2.25. The Kier molecular flexibility index (Phi) is 3.90. The van der Waals surface area contributed by atoms with E-state index in [1.807, 2.05) is 18.2 Å². The maximum Gasteiger partial charge on any atom is 0.253 e. The number of hydrogen-bond acceptors (Lipinski definition) is 2. The summed E-state index contributed by atoms with van der Waals surface area (Å²) in [6.45, 7) is 0.637. The van der Waals surface area contributed by atoms with Crippen LogP contribution in [0.1, 0.15) is 27.3 Å². The van der Waals surface area contributed by atoms with E-state index in [4.69, 9.17) is 0 Å². The Morgan fingerprint density at radius 2 is 2.00 bits per heavy atom. The molecule has 0 saturated carbocycles. The minimum atomic E-state index is -0.338. The Hall–Kier alpha value is -3.21. The van der Waals surface area contributed by atoms with Gasteiger partial charge in [0.2, 0.25) is 0 Å². The van der Waals surface area contributed by atoms with E-state index < -0.39 is 0 Å². The molecule has 0 bridgehead atoms. The van der Waals surface area contributed by atoms with Gasteiger partial charge in [0, 0.05) is 47.8 Å². The maximum atomic E-state index is 14.4. The van der Waals surface area contributed by atoms with Crippen molar-refractivity contribution in [2.75, 3.05) is 6.54 Å². The number of amides is 1. The molecule has 2 N–H and O–H groups in total. The van der Waals surface area contributed by atoms with Crippen molar-refractivity contribution in [2.45, 2.75) is 6.42 Å². The van der Waals surface area contributed by atoms with Crippen LogP contribution in [0.5, 0.6) is 0 Å². The molecule has 124 valence electrons. The quantitative estimate of drug-likeness (QED) is 0.765. The van der Waals surface area contributed by atoms with Crippen LogP contribution in [-0.4, -0.2) is 22.4 Å². The molecule has 1 aromatic carbocycles. The van der Waals surface area contributed by atoms with Crippen molar-refractivity contribution in [2.24, 2.45) is 0 Å². The highest BCUT2D eigenvalue weighted by molar-refractivity contribution is 5.97. The Bertz CT molecular complexity index is 960. The van der Waals surface area contributed by atoms with Crippen LogP contribution >= 0.6 is 0 Å². The van der Waals surface area contributed by atoms with Crippen LogP contribution < -0.4 is 5.32 Å². The monoisotopic (exact) mass is 333 g/mol. The summed E-state index contributed by atoms with van der Waals surface area (Å²) < 4.78 is 14.4. The number of rotatable bonds is 3. The van der Waals surface area contributed by atoms with Crippen LogP contribution in [0.25, 0.3) is 23.2 Å². The van der Waals surface area contributed by atoms with Gasteiger partial charge < -0.3 is 10.3 Å². The Morgan fingerprint density at radius 3 is 2.80 bits per heavy atom. The molecular formula is C20H16FN3O. The molecule has 0 spiro atoms. The zero-order valence-corrected chi connectivity index (χ0v) is 13.4. The van der Waals surface area contributed by atoms with Gasteiger partial charge in [0.1, 0.15) is 5.83 Å². The molecular weight excluding hydrogens is 317 g/mol. The van der Waals surface area contributed by atoms with Gasteiger partial charge in [-0.15, -0.1) is 0 Å². The summed E-state index contributed by atoms with van der Waals surface area (Å²) in [4.78, 5) is 19.4. The fourth-order valence-corrected chi connectivity index (χ4v) is 2.95. The lowest BCUT2D eigenvalue weighted by Crippen LogP contribution is -2.31. The van der Waals surface area contributed by atoms with Crippen LogP contribution in [0.4, 0.5) is 4.39 Å². The average Bonchev–Trinajstić information content (AvgIpc) is 3.08. The summed E-state index contributed by atoms with van der Waals surface area (Å²) >= 11 is 0. The number of pyridine rings is 1. The molecule has 4 nitrogen and oxygen atoms in total. The van der Waals surface area contributed by atoms with Gasteiger partial charge in [-0.3, -0.25) is 9.78 Å². The number of nitrogens with zero attached hydrogens (tertiary/aromatic N) is 1. The third kappa shape index (κ3) is 3.08. The van der Waals surface area contributed by atoms with Crippen molar-refractivity contribution in [3.63, 3.8) is 0 Å². The first-order valence-corrected chi connectivity index (χ1v) is 8.10. The zero-order valence-electron chi connectivity index (χ0n) is 13.4. The van der Waals surface area contributed by atoms with Gasteiger partial charge in [-0.05, 0) is 18.2 Å². The molecule has 3 aromatic rings. The van der Waals surface area contributed by atoms with E-state index in [9.17, 15) is 9.18 Å². The molecule has 0 unspecified atom stereocenters. The normalized spacial score (nSPS) is 14.1. The molecule has 1 aliphatic heterocycles. The topological polar surface area (TPSA) is 57.8 Å².